The molecule has 3 nitrogen and oxygen atoms in total. The topological polar surface area (TPSA) is 49.3 Å². The zero-order valence-electron chi connectivity index (χ0n) is 14.3. The number of phenols is 1. The maximum atomic E-state index is 14.0. The first kappa shape index (κ1) is 20.6. The van der Waals surface area contributed by atoms with Gasteiger partial charge in [-0.15, -0.1) is 0 Å². The normalized spacial score (nSPS) is 11.4. The van der Waals surface area contributed by atoms with Crippen molar-refractivity contribution in [2.45, 2.75) is 6.18 Å². The van der Waals surface area contributed by atoms with E-state index in [0.717, 1.165) is 36.4 Å². The highest BCUT2D eigenvalue weighted by Crippen LogP contribution is 2.36. The van der Waals surface area contributed by atoms with Crippen LogP contribution in [0.4, 0.5) is 27.6 Å². The molecule has 0 atom stereocenters. The molecule has 0 saturated carbocycles. The van der Waals surface area contributed by atoms with Crippen LogP contribution in [0.25, 0.3) is 11.1 Å². The van der Waals surface area contributed by atoms with Crippen molar-refractivity contribution >= 4 is 23.2 Å². The maximum absolute atomic E-state index is 14.0. The fraction of sp³-hybridized carbons (Fsp3) is 0.0500. The Labute approximate surface area is 166 Å². The van der Waals surface area contributed by atoms with Crippen LogP contribution in [0.1, 0.15) is 15.9 Å². The summed E-state index contributed by atoms with van der Waals surface area (Å²) in [7, 11) is 0. The number of amides is 1. The van der Waals surface area contributed by atoms with Gasteiger partial charge in [0, 0.05) is 17.3 Å². The highest BCUT2D eigenvalue weighted by molar-refractivity contribution is 6.31. The standard InChI is InChI=1S/C20H11ClF5NO2/c21-16-5-3-12(9-15(16)20(24,25)26)27-19(29)14-7-10(1-6-18(14)28)13-4-2-11(22)8-17(13)23/h1-9,28H,(H,27,29). The van der Waals surface area contributed by atoms with Crippen molar-refractivity contribution in [2.75, 3.05) is 5.32 Å². The van der Waals surface area contributed by atoms with Gasteiger partial charge in [0.1, 0.15) is 17.4 Å². The number of hydrogen-bond donors (Lipinski definition) is 2. The first-order chi connectivity index (χ1) is 13.6. The second-order valence-corrected chi connectivity index (χ2v) is 6.41. The first-order valence-electron chi connectivity index (χ1n) is 8.03. The van der Waals surface area contributed by atoms with Crippen molar-refractivity contribution < 1.29 is 31.9 Å². The zero-order valence-corrected chi connectivity index (χ0v) is 15.1. The van der Waals surface area contributed by atoms with E-state index >= 15 is 0 Å². The molecule has 1 amide bonds. The number of benzene rings is 3. The van der Waals surface area contributed by atoms with Gasteiger partial charge in [-0.2, -0.15) is 13.2 Å². The molecule has 0 aliphatic rings. The number of halogens is 6. The minimum absolute atomic E-state index is 0.0219. The highest BCUT2D eigenvalue weighted by Gasteiger charge is 2.33. The third-order valence-corrected chi connectivity index (χ3v) is 4.34. The molecule has 2 N–H and O–H groups in total. The summed E-state index contributed by atoms with van der Waals surface area (Å²) in [6.07, 6.45) is -4.72. The summed E-state index contributed by atoms with van der Waals surface area (Å²) in [4.78, 5) is 12.5. The first-order valence-corrected chi connectivity index (χ1v) is 8.40. The van der Waals surface area contributed by atoms with Crippen LogP contribution < -0.4 is 5.32 Å². The van der Waals surface area contributed by atoms with Crippen LogP contribution in [0, 0.1) is 11.6 Å². The smallest absolute Gasteiger partial charge is 0.417 e. The van der Waals surface area contributed by atoms with Crippen LogP contribution in [-0.2, 0) is 6.18 Å². The van der Waals surface area contributed by atoms with Crippen LogP contribution in [-0.4, -0.2) is 11.0 Å². The Kier molecular flexibility index (Phi) is 5.48. The average molecular weight is 428 g/mol. The fourth-order valence-electron chi connectivity index (χ4n) is 2.63. The molecule has 3 aromatic rings. The van der Waals surface area contributed by atoms with Crippen LogP contribution >= 0.6 is 11.6 Å². The molecule has 0 bridgehead atoms. The largest absolute Gasteiger partial charge is 0.507 e. The Morgan fingerprint density at radius 3 is 2.34 bits per heavy atom. The predicted octanol–water partition coefficient (Wildman–Crippen LogP) is 6.26. The Morgan fingerprint density at radius 1 is 0.966 bits per heavy atom. The summed E-state index contributed by atoms with van der Waals surface area (Å²) in [5.41, 5.74) is -1.51. The number of carbonyl (C=O) groups excluding carboxylic acids is 1. The molecule has 0 fully saturated rings. The van der Waals surface area contributed by atoms with Gasteiger partial charge in [-0.1, -0.05) is 17.7 Å². The lowest BCUT2D eigenvalue weighted by Gasteiger charge is -2.13. The molecule has 0 radical (unpaired) electrons. The van der Waals surface area contributed by atoms with E-state index in [2.05, 4.69) is 5.32 Å². The molecule has 0 spiro atoms. The molecule has 29 heavy (non-hydrogen) atoms. The maximum Gasteiger partial charge on any atom is 0.417 e. The summed E-state index contributed by atoms with van der Waals surface area (Å²) in [6.45, 7) is 0. The highest BCUT2D eigenvalue weighted by atomic mass is 35.5. The van der Waals surface area contributed by atoms with E-state index in [0.29, 0.717) is 12.1 Å². The van der Waals surface area contributed by atoms with Gasteiger partial charge in [-0.3, -0.25) is 4.79 Å². The van der Waals surface area contributed by atoms with Crippen molar-refractivity contribution in [3.8, 4) is 16.9 Å². The molecule has 150 valence electrons. The number of anilines is 1. The van der Waals surface area contributed by atoms with E-state index in [9.17, 15) is 31.9 Å². The molecule has 3 aromatic carbocycles. The lowest BCUT2D eigenvalue weighted by Crippen LogP contribution is -2.14. The van der Waals surface area contributed by atoms with Crippen molar-refractivity contribution in [3.63, 3.8) is 0 Å². The SMILES string of the molecule is O=C(Nc1ccc(Cl)c(C(F)(F)F)c1)c1cc(-c2ccc(F)cc2F)ccc1O. The van der Waals surface area contributed by atoms with Gasteiger partial charge in [0.2, 0.25) is 0 Å². The molecule has 0 aliphatic heterocycles. The number of nitrogens with one attached hydrogen (secondary N) is 1. The van der Waals surface area contributed by atoms with E-state index in [1.165, 1.54) is 6.07 Å². The fourth-order valence-corrected chi connectivity index (χ4v) is 2.85. The van der Waals surface area contributed by atoms with Crippen LogP contribution in [0.2, 0.25) is 5.02 Å². The van der Waals surface area contributed by atoms with Gasteiger partial charge >= 0.3 is 6.18 Å². The summed E-state index contributed by atoms with van der Waals surface area (Å²) in [6, 6.07) is 9.21. The van der Waals surface area contributed by atoms with Crippen LogP contribution in [0.3, 0.4) is 0 Å². The molecule has 0 saturated heterocycles. The Balaban J connectivity index is 1.94. The average Bonchev–Trinajstić information content (AvgIpc) is 2.63. The lowest BCUT2D eigenvalue weighted by atomic mass is 10.0. The third-order valence-electron chi connectivity index (χ3n) is 4.01. The summed E-state index contributed by atoms with van der Waals surface area (Å²) < 4.78 is 66.0. The lowest BCUT2D eigenvalue weighted by molar-refractivity contribution is -0.137. The second kappa shape index (κ2) is 7.71. The van der Waals surface area contributed by atoms with Gasteiger partial charge in [-0.25, -0.2) is 8.78 Å². The van der Waals surface area contributed by atoms with Crippen molar-refractivity contribution in [2.24, 2.45) is 0 Å². The number of hydrogen-bond acceptors (Lipinski definition) is 2. The number of phenolic OH excluding ortho intramolecular Hbond substituents is 1. The van der Waals surface area contributed by atoms with Crippen LogP contribution in [0.5, 0.6) is 5.75 Å². The Morgan fingerprint density at radius 2 is 1.69 bits per heavy atom. The van der Waals surface area contributed by atoms with Crippen molar-refractivity contribution in [1.82, 2.24) is 0 Å². The molecule has 0 unspecified atom stereocenters. The number of carbonyl (C=O) groups is 1. The van der Waals surface area contributed by atoms with E-state index in [4.69, 9.17) is 11.6 Å². The van der Waals surface area contributed by atoms with Gasteiger partial charge < -0.3 is 10.4 Å². The molecule has 0 aromatic heterocycles. The van der Waals surface area contributed by atoms with Gasteiger partial charge in [0.15, 0.2) is 0 Å². The summed E-state index contributed by atoms with van der Waals surface area (Å²) in [5.74, 6) is -3.07. The predicted molar refractivity (Wildman–Crippen MR) is 97.9 cm³/mol. The molecular weight excluding hydrogens is 417 g/mol. The number of aromatic hydroxyl groups is 1. The molecule has 0 heterocycles. The second-order valence-electron chi connectivity index (χ2n) is 6.00. The Bertz CT molecular complexity index is 1100. The minimum Gasteiger partial charge on any atom is -0.507 e. The van der Waals surface area contributed by atoms with Gasteiger partial charge in [0.25, 0.3) is 5.91 Å². The molecule has 9 heteroatoms. The molecule has 0 aliphatic carbocycles. The van der Waals surface area contributed by atoms with E-state index < -0.39 is 40.1 Å². The van der Waals surface area contributed by atoms with Gasteiger partial charge in [-0.05, 0) is 48.0 Å². The summed E-state index contributed by atoms with van der Waals surface area (Å²) >= 11 is 5.54. The minimum atomic E-state index is -4.72. The van der Waals surface area contributed by atoms with Crippen molar-refractivity contribution in [1.29, 1.82) is 0 Å². The zero-order chi connectivity index (χ0) is 21.3. The molecule has 3 rings (SSSR count). The van der Waals surface area contributed by atoms with Crippen molar-refractivity contribution in [3.05, 3.63) is 82.4 Å². The van der Waals surface area contributed by atoms with Crippen LogP contribution in [0.15, 0.2) is 54.6 Å². The summed E-state index contributed by atoms with van der Waals surface area (Å²) in [5, 5.41) is 11.7. The number of alkyl halides is 3. The quantitative estimate of drug-likeness (QED) is 0.484. The van der Waals surface area contributed by atoms with E-state index in [1.54, 1.807) is 0 Å². The Hall–Kier alpha value is -3.13. The molecular formula is C20H11ClF5NO2. The van der Waals surface area contributed by atoms with E-state index in [1.807, 2.05) is 0 Å². The van der Waals surface area contributed by atoms with E-state index in [-0.39, 0.29) is 22.4 Å². The van der Waals surface area contributed by atoms with Gasteiger partial charge in [0.05, 0.1) is 16.1 Å². The number of rotatable bonds is 3. The third kappa shape index (κ3) is 4.48. The monoisotopic (exact) mass is 427 g/mol.